The van der Waals surface area contributed by atoms with E-state index >= 15 is 0 Å². The van der Waals surface area contributed by atoms with Gasteiger partial charge < -0.3 is 30.3 Å². The van der Waals surface area contributed by atoms with Crippen molar-refractivity contribution in [1.29, 1.82) is 0 Å². The van der Waals surface area contributed by atoms with Gasteiger partial charge in [-0.1, -0.05) is 0 Å². The van der Waals surface area contributed by atoms with Crippen LogP contribution in [0.4, 0.5) is 5.69 Å². The van der Waals surface area contributed by atoms with Crippen LogP contribution in [0.1, 0.15) is 6.92 Å². The van der Waals surface area contributed by atoms with Crippen LogP contribution in [0.25, 0.3) is 0 Å². The molecule has 2 rings (SSSR count). The second-order valence-electron chi connectivity index (χ2n) is 5.17. The molecule has 0 radical (unpaired) electrons. The van der Waals surface area contributed by atoms with Crippen LogP contribution in [0.15, 0.2) is 18.2 Å². The molecular formula is C14H20N2O5. The number of aliphatic hydroxyl groups excluding tert-OH is 1. The zero-order valence-corrected chi connectivity index (χ0v) is 11.9. The highest BCUT2D eigenvalue weighted by atomic mass is 16.6. The van der Waals surface area contributed by atoms with E-state index in [1.165, 1.54) is 6.92 Å². The number of carbonyl (C=O) groups is 1. The number of hydrogen-bond donors (Lipinski definition) is 4. The van der Waals surface area contributed by atoms with Gasteiger partial charge in [0.15, 0.2) is 11.5 Å². The number of amides is 1. The second-order valence-corrected chi connectivity index (χ2v) is 5.17. The summed E-state index contributed by atoms with van der Waals surface area (Å²) < 4.78 is 10.8. The summed E-state index contributed by atoms with van der Waals surface area (Å²) in [5.74, 6) is 1.02. The molecule has 1 aromatic rings. The lowest BCUT2D eigenvalue weighted by Crippen LogP contribution is -2.43. The Labute approximate surface area is 122 Å². The SMILES string of the molecule is CC(O)(CO)CNCC(=O)Nc1ccc2c(c1)OCCO2. The van der Waals surface area contributed by atoms with E-state index in [0.717, 1.165) is 0 Å². The van der Waals surface area contributed by atoms with Gasteiger partial charge in [0.05, 0.1) is 18.8 Å². The van der Waals surface area contributed by atoms with Gasteiger partial charge in [0.1, 0.15) is 13.2 Å². The zero-order valence-electron chi connectivity index (χ0n) is 11.9. The number of rotatable bonds is 6. The summed E-state index contributed by atoms with van der Waals surface area (Å²) in [6.07, 6.45) is 0. The molecule has 0 fully saturated rings. The van der Waals surface area contributed by atoms with E-state index in [1.807, 2.05) is 0 Å². The lowest BCUT2D eigenvalue weighted by molar-refractivity contribution is -0.115. The first kappa shape index (κ1) is 15.6. The van der Waals surface area contributed by atoms with Crippen LogP contribution in [-0.4, -0.2) is 54.6 Å². The summed E-state index contributed by atoms with van der Waals surface area (Å²) in [5.41, 5.74) is -0.628. The molecule has 116 valence electrons. The predicted octanol–water partition coefficient (Wildman–Crippen LogP) is -0.271. The molecule has 0 saturated carbocycles. The number of aliphatic hydroxyl groups is 2. The Morgan fingerprint density at radius 2 is 2.05 bits per heavy atom. The Bertz CT molecular complexity index is 504. The molecule has 0 bridgehead atoms. The summed E-state index contributed by atoms with van der Waals surface area (Å²) in [5, 5.41) is 24.0. The molecule has 1 amide bonds. The molecule has 1 aromatic carbocycles. The van der Waals surface area contributed by atoms with E-state index in [1.54, 1.807) is 18.2 Å². The highest BCUT2D eigenvalue weighted by molar-refractivity contribution is 5.92. The van der Waals surface area contributed by atoms with Gasteiger partial charge in [-0.2, -0.15) is 0 Å². The number of fused-ring (bicyclic) bond motifs is 1. The Kier molecular flexibility index (Phi) is 5.00. The van der Waals surface area contributed by atoms with E-state index in [-0.39, 0.29) is 25.6 Å². The maximum Gasteiger partial charge on any atom is 0.238 e. The van der Waals surface area contributed by atoms with Gasteiger partial charge in [0, 0.05) is 18.3 Å². The summed E-state index contributed by atoms with van der Waals surface area (Å²) >= 11 is 0. The number of carbonyl (C=O) groups excluding carboxylic acids is 1. The average Bonchev–Trinajstić information content (AvgIpc) is 2.47. The lowest BCUT2D eigenvalue weighted by atomic mass is 10.1. The minimum absolute atomic E-state index is 0.0323. The highest BCUT2D eigenvalue weighted by Gasteiger charge is 2.18. The largest absolute Gasteiger partial charge is 0.486 e. The molecular weight excluding hydrogens is 276 g/mol. The van der Waals surface area contributed by atoms with Gasteiger partial charge in [-0.05, 0) is 19.1 Å². The van der Waals surface area contributed by atoms with E-state index < -0.39 is 5.60 Å². The van der Waals surface area contributed by atoms with Crippen LogP contribution >= 0.6 is 0 Å². The van der Waals surface area contributed by atoms with E-state index in [2.05, 4.69) is 10.6 Å². The predicted molar refractivity (Wildman–Crippen MR) is 76.6 cm³/mol. The smallest absolute Gasteiger partial charge is 0.238 e. The van der Waals surface area contributed by atoms with Crippen molar-refractivity contribution >= 4 is 11.6 Å². The van der Waals surface area contributed by atoms with E-state index in [4.69, 9.17) is 14.6 Å². The molecule has 1 atom stereocenters. The maximum absolute atomic E-state index is 11.8. The molecule has 1 heterocycles. The van der Waals surface area contributed by atoms with Crippen molar-refractivity contribution in [2.45, 2.75) is 12.5 Å². The normalized spacial score (nSPS) is 16.1. The standard InChI is InChI=1S/C14H20N2O5/c1-14(19,9-17)8-15-7-13(18)16-10-2-3-11-12(6-10)21-5-4-20-11/h2-3,6,15,17,19H,4-5,7-9H2,1H3,(H,16,18). The Balaban J connectivity index is 1.83. The van der Waals surface area contributed by atoms with E-state index in [9.17, 15) is 9.90 Å². The monoisotopic (exact) mass is 296 g/mol. The van der Waals surface area contributed by atoms with Crippen molar-refractivity contribution in [3.05, 3.63) is 18.2 Å². The molecule has 1 unspecified atom stereocenters. The summed E-state index contributed by atoms with van der Waals surface area (Å²) in [6.45, 7) is 2.28. The molecule has 7 nitrogen and oxygen atoms in total. The summed E-state index contributed by atoms with van der Waals surface area (Å²) in [7, 11) is 0. The number of benzene rings is 1. The van der Waals surface area contributed by atoms with Crippen molar-refractivity contribution in [1.82, 2.24) is 5.32 Å². The van der Waals surface area contributed by atoms with E-state index in [0.29, 0.717) is 30.4 Å². The van der Waals surface area contributed by atoms with Crippen molar-refractivity contribution in [3.63, 3.8) is 0 Å². The first-order valence-corrected chi connectivity index (χ1v) is 6.74. The van der Waals surface area contributed by atoms with Crippen molar-refractivity contribution in [2.75, 3.05) is 38.2 Å². The van der Waals surface area contributed by atoms with Crippen molar-refractivity contribution in [2.24, 2.45) is 0 Å². The fourth-order valence-electron chi connectivity index (χ4n) is 1.83. The van der Waals surface area contributed by atoms with Gasteiger partial charge in [-0.15, -0.1) is 0 Å². The minimum Gasteiger partial charge on any atom is -0.486 e. The van der Waals surface area contributed by atoms with Gasteiger partial charge in [0.2, 0.25) is 5.91 Å². The molecule has 0 saturated heterocycles. The lowest BCUT2D eigenvalue weighted by Gasteiger charge is -2.21. The van der Waals surface area contributed by atoms with Crippen molar-refractivity contribution < 1.29 is 24.5 Å². The highest BCUT2D eigenvalue weighted by Crippen LogP contribution is 2.32. The zero-order chi connectivity index (χ0) is 15.3. The first-order chi connectivity index (χ1) is 10.00. The first-order valence-electron chi connectivity index (χ1n) is 6.74. The number of hydrogen-bond acceptors (Lipinski definition) is 6. The number of ether oxygens (including phenoxy) is 2. The third-order valence-electron chi connectivity index (χ3n) is 2.96. The van der Waals surface area contributed by atoms with Crippen LogP contribution in [0.2, 0.25) is 0 Å². The number of nitrogens with one attached hydrogen (secondary N) is 2. The molecule has 7 heteroatoms. The van der Waals surface area contributed by atoms with Crippen molar-refractivity contribution in [3.8, 4) is 11.5 Å². The molecule has 0 aromatic heterocycles. The molecule has 0 aliphatic carbocycles. The van der Waals surface area contributed by atoms with Gasteiger partial charge in [0.25, 0.3) is 0 Å². The third kappa shape index (κ3) is 4.59. The quantitative estimate of drug-likeness (QED) is 0.576. The number of anilines is 1. The third-order valence-corrected chi connectivity index (χ3v) is 2.96. The van der Waals surface area contributed by atoms with Crippen LogP contribution in [-0.2, 0) is 4.79 Å². The molecule has 1 aliphatic heterocycles. The minimum atomic E-state index is -1.24. The van der Waals surface area contributed by atoms with Crippen LogP contribution < -0.4 is 20.1 Å². The van der Waals surface area contributed by atoms with Crippen LogP contribution in [0, 0.1) is 0 Å². The maximum atomic E-state index is 11.8. The Morgan fingerprint density at radius 3 is 2.76 bits per heavy atom. The van der Waals surface area contributed by atoms with Crippen LogP contribution in [0.3, 0.4) is 0 Å². The second kappa shape index (κ2) is 6.75. The molecule has 0 spiro atoms. The van der Waals surface area contributed by atoms with Gasteiger partial charge in [-0.3, -0.25) is 4.79 Å². The molecule has 4 N–H and O–H groups in total. The van der Waals surface area contributed by atoms with Crippen LogP contribution in [0.5, 0.6) is 11.5 Å². The topological polar surface area (TPSA) is 100 Å². The molecule has 1 aliphatic rings. The summed E-state index contributed by atoms with van der Waals surface area (Å²) in [4.78, 5) is 11.8. The Hall–Kier alpha value is -1.83. The Morgan fingerprint density at radius 1 is 1.33 bits per heavy atom. The summed E-state index contributed by atoms with van der Waals surface area (Å²) in [6, 6.07) is 5.18. The fraction of sp³-hybridized carbons (Fsp3) is 0.500. The van der Waals surface area contributed by atoms with Gasteiger partial charge in [-0.25, -0.2) is 0 Å². The average molecular weight is 296 g/mol. The molecule has 21 heavy (non-hydrogen) atoms. The van der Waals surface area contributed by atoms with Gasteiger partial charge >= 0.3 is 0 Å². The fourth-order valence-corrected chi connectivity index (χ4v) is 1.83.